The Bertz CT molecular complexity index is 229. The van der Waals surface area contributed by atoms with Gasteiger partial charge in [-0.15, -0.1) is 0 Å². The van der Waals surface area contributed by atoms with Gasteiger partial charge < -0.3 is 4.74 Å². The highest BCUT2D eigenvalue weighted by molar-refractivity contribution is 5.88. The Morgan fingerprint density at radius 3 is 2.19 bits per heavy atom. The summed E-state index contributed by atoms with van der Waals surface area (Å²) in [5.74, 6) is -0.159. The third-order valence-electron chi connectivity index (χ3n) is 2.88. The molecule has 0 aliphatic heterocycles. The van der Waals surface area contributed by atoms with Crippen molar-refractivity contribution in [3.8, 4) is 0 Å². The molecule has 0 radical (unpaired) electrons. The van der Waals surface area contributed by atoms with E-state index in [0.717, 1.165) is 12.0 Å². The molecule has 0 saturated carbocycles. The Hall–Kier alpha value is -0.790. The third kappa shape index (κ3) is 6.65. The summed E-state index contributed by atoms with van der Waals surface area (Å²) in [4.78, 5) is 11.4. The molecule has 16 heavy (non-hydrogen) atoms. The van der Waals surface area contributed by atoms with Crippen LogP contribution < -0.4 is 0 Å². The zero-order valence-electron chi connectivity index (χ0n) is 11.3. The molecule has 0 aromatic heterocycles. The fourth-order valence-electron chi connectivity index (χ4n) is 1.59. The van der Waals surface area contributed by atoms with Crippen LogP contribution in [-0.4, -0.2) is 12.6 Å². The van der Waals surface area contributed by atoms with E-state index in [1.807, 2.05) is 20.8 Å². The van der Waals surface area contributed by atoms with Gasteiger partial charge in [0, 0.05) is 5.57 Å². The number of hydrogen-bond donors (Lipinski definition) is 0. The topological polar surface area (TPSA) is 26.3 Å². The maximum absolute atomic E-state index is 11.4. The van der Waals surface area contributed by atoms with Crippen molar-refractivity contribution in [3.05, 3.63) is 11.1 Å². The van der Waals surface area contributed by atoms with E-state index in [9.17, 15) is 4.79 Å². The van der Waals surface area contributed by atoms with Crippen molar-refractivity contribution >= 4 is 5.97 Å². The lowest BCUT2D eigenvalue weighted by molar-refractivity contribution is -0.138. The van der Waals surface area contributed by atoms with Crippen molar-refractivity contribution in [1.82, 2.24) is 0 Å². The van der Waals surface area contributed by atoms with E-state index in [1.54, 1.807) is 0 Å². The molecule has 0 unspecified atom stereocenters. The first-order valence-corrected chi connectivity index (χ1v) is 6.46. The van der Waals surface area contributed by atoms with E-state index in [1.165, 1.54) is 37.7 Å². The quantitative estimate of drug-likeness (QED) is 0.351. The maximum atomic E-state index is 11.4. The molecular weight excluding hydrogens is 200 g/mol. The highest BCUT2D eigenvalue weighted by atomic mass is 16.5. The predicted molar refractivity (Wildman–Crippen MR) is 68.4 cm³/mol. The SMILES string of the molecule is CCCCCCCC(C)=C(C)C(=O)OCC. The van der Waals surface area contributed by atoms with Crippen molar-refractivity contribution < 1.29 is 9.53 Å². The zero-order valence-corrected chi connectivity index (χ0v) is 11.3. The molecule has 0 fully saturated rings. The fourth-order valence-corrected chi connectivity index (χ4v) is 1.59. The summed E-state index contributed by atoms with van der Waals surface area (Å²) in [5, 5.41) is 0. The lowest BCUT2D eigenvalue weighted by Crippen LogP contribution is -2.07. The molecule has 0 atom stereocenters. The lowest BCUT2D eigenvalue weighted by Gasteiger charge is -2.07. The summed E-state index contributed by atoms with van der Waals surface area (Å²) in [6.45, 7) is 8.41. The van der Waals surface area contributed by atoms with Gasteiger partial charge >= 0.3 is 5.97 Å². The average molecular weight is 226 g/mol. The van der Waals surface area contributed by atoms with Crippen LogP contribution in [0.2, 0.25) is 0 Å². The first-order valence-electron chi connectivity index (χ1n) is 6.46. The van der Waals surface area contributed by atoms with Crippen LogP contribution in [0.5, 0.6) is 0 Å². The van der Waals surface area contributed by atoms with Gasteiger partial charge in [-0.25, -0.2) is 4.79 Å². The summed E-state index contributed by atoms with van der Waals surface area (Å²) in [7, 11) is 0. The Morgan fingerprint density at radius 1 is 1.00 bits per heavy atom. The normalized spacial score (nSPS) is 12.2. The second-order valence-electron chi connectivity index (χ2n) is 4.29. The molecule has 0 aromatic carbocycles. The third-order valence-corrected chi connectivity index (χ3v) is 2.88. The monoisotopic (exact) mass is 226 g/mol. The van der Waals surface area contributed by atoms with Gasteiger partial charge in [0.25, 0.3) is 0 Å². The number of ether oxygens (including phenoxy) is 1. The summed E-state index contributed by atoms with van der Waals surface area (Å²) < 4.78 is 4.97. The number of unbranched alkanes of at least 4 members (excludes halogenated alkanes) is 4. The molecule has 0 aliphatic rings. The van der Waals surface area contributed by atoms with Gasteiger partial charge in [-0.3, -0.25) is 0 Å². The van der Waals surface area contributed by atoms with Gasteiger partial charge in [0.05, 0.1) is 6.61 Å². The van der Waals surface area contributed by atoms with Gasteiger partial charge in [-0.2, -0.15) is 0 Å². The Labute approximate surface area is 100 Å². The van der Waals surface area contributed by atoms with E-state index >= 15 is 0 Å². The van der Waals surface area contributed by atoms with Gasteiger partial charge in [0.15, 0.2) is 0 Å². The molecule has 94 valence electrons. The molecule has 0 heterocycles. The Kier molecular flexibility index (Phi) is 8.97. The standard InChI is InChI=1S/C14H26O2/c1-5-7-8-9-10-11-12(3)13(4)14(15)16-6-2/h5-11H2,1-4H3. The number of esters is 1. The first-order chi connectivity index (χ1) is 7.63. The van der Waals surface area contributed by atoms with Crippen molar-refractivity contribution in [2.45, 2.75) is 66.2 Å². The van der Waals surface area contributed by atoms with Crippen LogP contribution in [0, 0.1) is 0 Å². The number of carbonyl (C=O) groups is 1. The van der Waals surface area contributed by atoms with Crippen LogP contribution in [0.15, 0.2) is 11.1 Å². The minimum atomic E-state index is -0.159. The Morgan fingerprint density at radius 2 is 1.62 bits per heavy atom. The number of allylic oxidation sites excluding steroid dienone is 1. The van der Waals surface area contributed by atoms with Gasteiger partial charge in [0.2, 0.25) is 0 Å². The minimum absolute atomic E-state index is 0.159. The van der Waals surface area contributed by atoms with Crippen LogP contribution in [-0.2, 0) is 9.53 Å². The molecule has 0 spiro atoms. The number of carbonyl (C=O) groups excluding carboxylic acids is 1. The molecular formula is C14H26O2. The van der Waals surface area contributed by atoms with Crippen molar-refractivity contribution in [3.63, 3.8) is 0 Å². The summed E-state index contributed by atoms with van der Waals surface area (Å²) in [6, 6.07) is 0. The van der Waals surface area contributed by atoms with Crippen LogP contribution in [0.25, 0.3) is 0 Å². The molecule has 0 saturated heterocycles. The van der Waals surface area contributed by atoms with Gasteiger partial charge in [0.1, 0.15) is 0 Å². The Balaban J connectivity index is 3.87. The highest BCUT2D eigenvalue weighted by Gasteiger charge is 2.07. The summed E-state index contributed by atoms with van der Waals surface area (Å²) >= 11 is 0. The summed E-state index contributed by atoms with van der Waals surface area (Å²) in [5.41, 5.74) is 1.97. The molecule has 0 bridgehead atoms. The van der Waals surface area contributed by atoms with E-state index in [-0.39, 0.29) is 5.97 Å². The first kappa shape index (κ1) is 15.2. The van der Waals surface area contributed by atoms with Crippen molar-refractivity contribution in [2.75, 3.05) is 6.61 Å². The van der Waals surface area contributed by atoms with Crippen molar-refractivity contribution in [2.24, 2.45) is 0 Å². The second-order valence-corrected chi connectivity index (χ2v) is 4.29. The van der Waals surface area contributed by atoms with Crippen molar-refractivity contribution in [1.29, 1.82) is 0 Å². The second kappa shape index (κ2) is 9.44. The molecule has 0 rings (SSSR count). The maximum Gasteiger partial charge on any atom is 0.333 e. The average Bonchev–Trinajstić information content (AvgIpc) is 2.27. The van der Waals surface area contributed by atoms with Crippen LogP contribution in [0.1, 0.15) is 66.2 Å². The predicted octanol–water partition coefficient (Wildman–Crippen LogP) is 4.25. The molecule has 0 aliphatic carbocycles. The van der Waals surface area contributed by atoms with Gasteiger partial charge in [-0.05, 0) is 33.6 Å². The largest absolute Gasteiger partial charge is 0.463 e. The lowest BCUT2D eigenvalue weighted by atomic mass is 10.0. The molecule has 0 aromatic rings. The highest BCUT2D eigenvalue weighted by Crippen LogP contribution is 2.15. The molecule has 2 heteroatoms. The van der Waals surface area contributed by atoms with Gasteiger partial charge in [-0.1, -0.05) is 38.2 Å². The fraction of sp³-hybridized carbons (Fsp3) is 0.786. The van der Waals surface area contributed by atoms with Crippen LogP contribution in [0.4, 0.5) is 0 Å². The number of rotatable bonds is 8. The van der Waals surface area contributed by atoms with Crippen LogP contribution in [0.3, 0.4) is 0 Å². The number of hydrogen-bond acceptors (Lipinski definition) is 2. The zero-order chi connectivity index (χ0) is 12.4. The van der Waals surface area contributed by atoms with E-state index in [2.05, 4.69) is 6.92 Å². The van der Waals surface area contributed by atoms with E-state index in [4.69, 9.17) is 4.74 Å². The summed E-state index contributed by atoms with van der Waals surface area (Å²) in [6.07, 6.45) is 7.37. The van der Waals surface area contributed by atoms with E-state index in [0.29, 0.717) is 6.61 Å². The molecule has 0 amide bonds. The minimum Gasteiger partial charge on any atom is -0.463 e. The van der Waals surface area contributed by atoms with E-state index < -0.39 is 0 Å². The molecule has 2 nitrogen and oxygen atoms in total. The molecule has 0 N–H and O–H groups in total. The van der Waals surface area contributed by atoms with Crippen LogP contribution >= 0.6 is 0 Å². The smallest absolute Gasteiger partial charge is 0.333 e.